The van der Waals surface area contributed by atoms with Gasteiger partial charge in [-0.25, -0.2) is 26.9 Å². The number of thiophene rings is 1. The van der Waals surface area contributed by atoms with Gasteiger partial charge in [-0.1, -0.05) is 28.1 Å². The molecule has 2 heterocycles. The highest BCUT2D eigenvalue weighted by Gasteiger charge is 2.19. The molecule has 0 fully saturated rings. The Bertz CT molecular complexity index is 1520. The van der Waals surface area contributed by atoms with Crippen LogP contribution in [0.5, 0.6) is 5.88 Å². The van der Waals surface area contributed by atoms with Crippen molar-refractivity contribution >= 4 is 59.8 Å². The third-order valence-corrected chi connectivity index (χ3v) is 7.62. The van der Waals surface area contributed by atoms with E-state index in [1.54, 1.807) is 23.6 Å². The van der Waals surface area contributed by atoms with E-state index in [-0.39, 0.29) is 15.6 Å². The molecule has 164 valence electrons. The van der Waals surface area contributed by atoms with Crippen LogP contribution in [0.1, 0.15) is 0 Å². The van der Waals surface area contributed by atoms with E-state index in [0.29, 0.717) is 15.2 Å². The second kappa shape index (κ2) is 8.37. The number of hydrogen-bond donors (Lipinski definition) is 3. The quantitative estimate of drug-likeness (QED) is 0.361. The molecule has 8 nitrogen and oxygen atoms in total. The minimum absolute atomic E-state index is 0.0491. The summed E-state index contributed by atoms with van der Waals surface area (Å²) in [5.41, 5.74) is -0.954. The highest BCUT2D eigenvalue weighted by atomic mass is 79.9. The Morgan fingerprint density at radius 2 is 1.91 bits per heavy atom. The summed E-state index contributed by atoms with van der Waals surface area (Å²) in [7, 11) is -4.05. The second-order valence-corrected chi connectivity index (χ2v) is 10.3. The number of halogens is 2. The summed E-state index contributed by atoms with van der Waals surface area (Å²) in [6.45, 7) is 0. The largest absolute Gasteiger partial charge is 0.494 e. The van der Waals surface area contributed by atoms with Crippen molar-refractivity contribution in [2.45, 2.75) is 4.21 Å². The lowest BCUT2D eigenvalue weighted by molar-refractivity contribution is 0.256. The topological polar surface area (TPSA) is 118 Å². The number of carbonyl (C=O) groups is 1. The number of sulfonamides is 1. The fraction of sp³-hybridized carbons (Fsp3) is 0. The van der Waals surface area contributed by atoms with E-state index in [1.807, 2.05) is 4.72 Å². The molecule has 0 atom stereocenters. The maximum atomic E-state index is 14.8. The highest BCUT2D eigenvalue weighted by Crippen LogP contribution is 2.29. The summed E-state index contributed by atoms with van der Waals surface area (Å²) >= 11 is 4.22. The van der Waals surface area contributed by atoms with Crippen LogP contribution in [0, 0.1) is 5.82 Å². The van der Waals surface area contributed by atoms with Crippen molar-refractivity contribution in [2.75, 3.05) is 5.32 Å². The SMILES string of the molecule is O=C(Nc1ccc(-n2c(O)c3cc(Br)ccc3cc2=O)c(F)c1)NS(=O)(=O)c1cccs1. The standard InChI is InChI=1S/C20H13BrFN3O5S2/c21-12-4-3-11-8-17(26)25(19(27)14(11)9-12)16-6-5-13(10-15(16)22)23-20(28)24-32(29,30)18-2-1-7-31-18/h1-10,27H,(H2,23,24,28). The number of carbonyl (C=O) groups excluding carboxylic acids is 1. The second-order valence-electron chi connectivity index (χ2n) is 6.53. The van der Waals surface area contributed by atoms with Crippen LogP contribution in [0.3, 0.4) is 0 Å². The Morgan fingerprint density at radius 3 is 2.59 bits per heavy atom. The number of nitrogens with zero attached hydrogens (tertiary/aromatic N) is 1. The Kier molecular flexibility index (Phi) is 5.75. The first kappa shape index (κ1) is 22.0. The number of rotatable bonds is 4. The van der Waals surface area contributed by atoms with E-state index in [1.165, 1.54) is 30.3 Å². The van der Waals surface area contributed by atoms with Crippen molar-refractivity contribution < 1.29 is 22.7 Å². The Balaban J connectivity index is 1.63. The lowest BCUT2D eigenvalue weighted by atomic mass is 10.1. The van der Waals surface area contributed by atoms with Crippen molar-refractivity contribution in [1.82, 2.24) is 9.29 Å². The van der Waals surface area contributed by atoms with Gasteiger partial charge in [-0.3, -0.25) is 4.79 Å². The first-order chi connectivity index (χ1) is 15.2. The molecule has 4 aromatic rings. The number of nitrogens with one attached hydrogen (secondary N) is 2. The molecule has 0 saturated carbocycles. The van der Waals surface area contributed by atoms with Crippen LogP contribution in [0.4, 0.5) is 14.9 Å². The van der Waals surface area contributed by atoms with Crippen molar-refractivity contribution in [3.8, 4) is 11.6 Å². The molecule has 0 aliphatic carbocycles. The molecular formula is C20H13BrFN3O5S2. The molecule has 2 aromatic heterocycles. The maximum Gasteiger partial charge on any atom is 0.333 e. The third kappa shape index (κ3) is 4.24. The van der Waals surface area contributed by atoms with Gasteiger partial charge in [0.25, 0.3) is 15.6 Å². The van der Waals surface area contributed by atoms with Gasteiger partial charge in [-0.15, -0.1) is 11.3 Å². The number of pyridine rings is 1. The molecule has 0 aliphatic heterocycles. The maximum absolute atomic E-state index is 14.8. The van der Waals surface area contributed by atoms with Crippen LogP contribution in [0.25, 0.3) is 16.5 Å². The predicted octanol–water partition coefficient (Wildman–Crippen LogP) is 4.17. The summed E-state index contributed by atoms with van der Waals surface area (Å²) in [5.74, 6) is -1.37. The molecule has 12 heteroatoms. The number of hydrogen-bond acceptors (Lipinski definition) is 6. The van der Waals surface area contributed by atoms with Crippen LogP contribution in [0.2, 0.25) is 0 Å². The minimum atomic E-state index is -4.05. The normalized spacial score (nSPS) is 11.4. The van der Waals surface area contributed by atoms with Crippen molar-refractivity contribution in [1.29, 1.82) is 0 Å². The molecule has 0 saturated heterocycles. The van der Waals surface area contributed by atoms with E-state index < -0.39 is 33.3 Å². The van der Waals surface area contributed by atoms with Gasteiger partial charge in [-0.05, 0) is 47.2 Å². The fourth-order valence-corrected chi connectivity index (χ4v) is 5.28. The van der Waals surface area contributed by atoms with Crippen molar-refractivity contribution in [3.05, 3.63) is 80.6 Å². The van der Waals surface area contributed by atoms with Crippen molar-refractivity contribution in [2.24, 2.45) is 0 Å². The lowest BCUT2D eigenvalue weighted by Gasteiger charge is -2.13. The first-order valence-electron chi connectivity index (χ1n) is 8.87. The average Bonchev–Trinajstić information content (AvgIpc) is 3.26. The highest BCUT2D eigenvalue weighted by molar-refractivity contribution is 9.10. The van der Waals surface area contributed by atoms with Crippen LogP contribution in [-0.2, 0) is 10.0 Å². The lowest BCUT2D eigenvalue weighted by Crippen LogP contribution is -2.34. The summed E-state index contributed by atoms with van der Waals surface area (Å²) in [6, 6.07) is 11.3. The molecule has 32 heavy (non-hydrogen) atoms. The smallest absolute Gasteiger partial charge is 0.333 e. The molecule has 0 unspecified atom stereocenters. The van der Waals surface area contributed by atoms with E-state index >= 15 is 0 Å². The number of amides is 2. The zero-order chi connectivity index (χ0) is 23.0. The molecule has 2 amide bonds. The molecule has 4 rings (SSSR count). The van der Waals surface area contributed by atoms with Gasteiger partial charge in [0.2, 0.25) is 5.88 Å². The number of benzene rings is 2. The zero-order valence-electron chi connectivity index (χ0n) is 15.9. The number of aromatic nitrogens is 1. The van der Waals surface area contributed by atoms with Gasteiger partial charge in [0, 0.05) is 21.6 Å². The molecule has 3 N–H and O–H groups in total. The van der Waals surface area contributed by atoms with Crippen LogP contribution >= 0.6 is 27.3 Å². The zero-order valence-corrected chi connectivity index (χ0v) is 19.1. The fourth-order valence-electron chi connectivity index (χ4n) is 3.01. The van der Waals surface area contributed by atoms with Crippen LogP contribution < -0.4 is 15.6 Å². The Labute approximate surface area is 193 Å². The molecule has 0 spiro atoms. The molecule has 0 bridgehead atoms. The third-order valence-electron chi connectivity index (χ3n) is 4.40. The summed E-state index contributed by atoms with van der Waals surface area (Å²) in [4.78, 5) is 24.6. The molecule has 0 aliphatic rings. The summed E-state index contributed by atoms with van der Waals surface area (Å²) in [6.07, 6.45) is 0. The van der Waals surface area contributed by atoms with Gasteiger partial charge in [0.15, 0.2) is 0 Å². The van der Waals surface area contributed by atoms with Gasteiger partial charge in [0.1, 0.15) is 10.0 Å². The van der Waals surface area contributed by atoms with Gasteiger partial charge in [0.05, 0.1) is 5.69 Å². The van der Waals surface area contributed by atoms with E-state index in [0.717, 1.165) is 22.0 Å². The van der Waals surface area contributed by atoms with Crippen molar-refractivity contribution in [3.63, 3.8) is 0 Å². The van der Waals surface area contributed by atoms with E-state index in [4.69, 9.17) is 0 Å². The molecular weight excluding hydrogens is 525 g/mol. The van der Waals surface area contributed by atoms with E-state index in [9.17, 15) is 27.5 Å². The van der Waals surface area contributed by atoms with E-state index in [2.05, 4.69) is 21.2 Å². The van der Waals surface area contributed by atoms with Gasteiger partial charge in [-0.2, -0.15) is 0 Å². The number of urea groups is 1. The molecule has 2 aromatic carbocycles. The average molecular weight is 538 g/mol. The van der Waals surface area contributed by atoms with Gasteiger partial charge < -0.3 is 10.4 Å². The monoisotopic (exact) mass is 537 g/mol. The Hall–Kier alpha value is -3.22. The van der Waals surface area contributed by atoms with Gasteiger partial charge >= 0.3 is 6.03 Å². The predicted molar refractivity (Wildman–Crippen MR) is 123 cm³/mol. The number of fused-ring (bicyclic) bond motifs is 1. The number of aromatic hydroxyl groups is 1. The van der Waals surface area contributed by atoms with Crippen LogP contribution in [0.15, 0.2) is 73.5 Å². The molecule has 0 radical (unpaired) electrons. The number of anilines is 1. The summed E-state index contributed by atoms with van der Waals surface area (Å²) < 4.78 is 42.3. The minimum Gasteiger partial charge on any atom is -0.494 e. The Morgan fingerprint density at radius 1 is 1.12 bits per heavy atom. The summed E-state index contributed by atoms with van der Waals surface area (Å²) in [5, 5.41) is 15.2. The van der Waals surface area contributed by atoms with Crippen LogP contribution in [-0.4, -0.2) is 24.1 Å². The first-order valence-corrected chi connectivity index (χ1v) is 12.0.